The standard InChI is InChI=1S/C19H16F3NO2/c1-11-3-5-14(12(2)9-11)15-6-4-13(10-16(15)19(20,21)22)23-17(24)7-8-18(23)25/h3-6,9-10H,7-8H2,1-2H3. The minimum atomic E-state index is -4.60. The molecule has 130 valence electrons. The van der Waals surface area contributed by atoms with E-state index in [9.17, 15) is 22.8 Å². The number of rotatable bonds is 2. The molecular weight excluding hydrogens is 331 g/mol. The molecule has 3 rings (SSSR count). The normalized spacial score (nSPS) is 15.2. The van der Waals surface area contributed by atoms with Crippen LogP contribution >= 0.6 is 0 Å². The lowest BCUT2D eigenvalue weighted by Crippen LogP contribution is -2.28. The van der Waals surface area contributed by atoms with Gasteiger partial charge in [-0.3, -0.25) is 14.5 Å². The molecule has 1 heterocycles. The minimum Gasteiger partial charge on any atom is -0.274 e. The molecule has 0 radical (unpaired) electrons. The summed E-state index contributed by atoms with van der Waals surface area (Å²) in [5.41, 5.74) is 1.31. The number of hydrogen-bond acceptors (Lipinski definition) is 2. The third-order valence-electron chi connectivity index (χ3n) is 4.29. The fourth-order valence-corrected chi connectivity index (χ4v) is 3.12. The van der Waals surface area contributed by atoms with E-state index in [-0.39, 0.29) is 24.1 Å². The van der Waals surface area contributed by atoms with E-state index in [1.165, 1.54) is 12.1 Å². The highest BCUT2D eigenvalue weighted by molar-refractivity contribution is 6.19. The van der Waals surface area contributed by atoms with Crippen LogP contribution in [0.2, 0.25) is 0 Å². The van der Waals surface area contributed by atoms with E-state index in [1.807, 2.05) is 13.0 Å². The number of carbonyl (C=O) groups excluding carboxylic acids is 2. The Morgan fingerprint density at radius 2 is 1.48 bits per heavy atom. The van der Waals surface area contributed by atoms with E-state index >= 15 is 0 Å². The summed E-state index contributed by atoms with van der Waals surface area (Å²) < 4.78 is 40.9. The first-order chi connectivity index (χ1) is 11.7. The number of imide groups is 1. The van der Waals surface area contributed by atoms with E-state index in [2.05, 4.69) is 0 Å². The molecule has 3 nitrogen and oxygen atoms in total. The first-order valence-corrected chi connectivity index (χ1v) is 7.83. The number of amides is 2. The van der Waals surface area contributed by atoms with Crippen LogP contribution in [0.1, 0.15) is 29.5 Å². The van der Waals surface area contributed by atoms with Gasteiger partial charge in [0, 0.05) is 12.8 Å². The van der Waals surface area contributed by atoms with Crippen molar-refractivity contribution in [3.05, 3.63) is 53.1 Å². The van der Waals surface area contributed by atoms with Gasteiger partial charge in [-0.25, -0.2) is 0 Å². The zero-order valence-corrected chi connectivity index (χ0v) is 13.8. The maximum atomic E-state index is 13.6. The average Bonchev–Trinajstić information content (AvgIpc) is 2.85. The summed E-state index contributed by atoms with van der Waals surface area (Å²) in [6, 6.07) is 8.83. The SMILES string of the molecule is Cc1ccc(-c2ccc(N3C(=O)CCC3=O)cc2C(F)(F)F)c(C)c1. The van der Waals surface area contributed by atoms with Gasteiger partial charge in [0.05, 0.1) is 11.3 Å². The van der Waals surface area contributed by atoms with Crippen LogP contribution < -0.4 is 4.90 Å². The maximum Gasteiger partial charge on any atom is 0.417 e. The first-order valence-electron chi connectivity index (χ1n) is 7.83. The fourth-order valence-electron chi connectivity index (χ4n) is 3.12. The summed E-state index contributed by atoms with van der Waals surface area (Å²) in [6.07, 6.45) is -4.55. The molecule has 0 spiro atoms. The predicted octanol–water partition coefficient (Wildman–Crippen LogP) is 4.64. The Balaban J connectivity index is 2.17. The number of benzene rings is 2. The number of halogens is 3. The van der Waals surface area contributed by atoms with Crippen molar-refractivity contribution in [2.45, 2.75) is 32.9 Å². The van der Waals surface area contributed by atoms with Crippen LogP contribution in [0.3, 0.4) is 0 Å². The number of aryl methyl sites for hydroxylation is 2. The summed E-state index contributed by atoms with van der Waals surface area (Å²) in [4.78, 5) is 24.5. The lowest BCUT2D eigenvalue weighted by molar-refractivity contribution is -0.137. The quantitative estimate of drug-likeness (QED) is 0.742. The van der Waals surface area contributed by atoms with E-state index < -0.39 is 23.6 Å². The second-order valence-electron chi connectivity index (χ2n) is 6.17. The third kappa shape index (κ3) is 3.16. The van der Waals surface area contributed by atoms with Gasteiger partial charge in [0.15, 0.2) is 0 Å². The molecule has 0 N–H and O–H groups in total. The van der Waals surface area contributed by atoms with E-state index in [0.29, 0.717) is 5.56 Å². The molecule has 2 aromatic rings. The summed E-state index contributed by atoms with van der Waals surface area (Å²) in [7, 11) is 0. The van der Waals surface area contributed by atoms with Crippen molar-refractivity contribution in [3.8, 4) is 11.1 Å². The second-order valence-corrected chi connectivity index (χ2v) is 6.17. The fraction of sp³-hybridized carbons (Fsp3) is 0.263. The van der Waals surface area contributed by atoms with Gasteiger partial charge in [0.1, 0.15) is 0 Å². The molecule has 0 bridgehead atoms. The van der Waals surface area contributed by atoms with Gasteiger partial charge in [-0.2, -0.15) is 13.2 Å². The second kappa shape index (κ2) is 6.02. The molecule has 1 aliphatic rings. The Bertz CT molecular complexity index is 855. The number of nitrogens with zero attached hydrogens (tertiary/aromatic N) is 1. The zero-order valence-electron chi connectivity index (χ0n) is 13.8. The van der Waals surface area contributed by atoms with Crippen molar-refractivity contribution in [2.24, 2.45) is 0 Å². The van der Waals surface area contributed by atoms with Gasteiger partial charge in [0.25, 0.3) is 0 Å². The van der Waals surface area contributed by atoms with Crippen molar-refractivity contribution in [3.63, 3.8) is 0 Å². The summed E-state index contributed by atoms with van der Waals surface area (Å²) in [5, 5.41) is 0. The molecule has 0 atom stereocenters. The van der Waals surface area contributed by atoms with Gasteiger partial charge in [-0.15, -0.1) is 0 Å². The molecule has 0 aromatic heterocycles. The Morgan fingerprint density at radius 3 is 2.04 bits per heavy atom. The molecule has 0 saturated carbocycles. The van der Waals surface area contributed by atoms with Crippen molar-refractivity contribution in [1.29, 1.82) is 0 Å². The number of carbonyl (C=O) groups is 2. The van der Waals surface area contributed by atoms with E-state index in [4.69, 9.17) is 0 Å². The van der Waals surface area contributed by atoms with Crippen LogP contribution in [0.4, 0.5) is 18.9 Å². The van der Waals surface area contributed by atoms with Gasteiger partial charge < -0.3 is 0 Å². The highest BCUT2D eigenvalue weighted by Crippen LogP contribution is 2.41. The van der Waals surface area contributed by atoms with Crippen LogP contribution in [0.25, 0.3) is 11.1 Å². The molecule has 25 heavy (non-hydrogen) atoms. The molecule has 0 unspecified atom stereocenters. The number of anilines is 1. The molecule has 1 aliphatic heterocycles. The zero-order chi connectivity index (χ0) is 18.4. The first kappa shape index (κ1) is 17.2. The Labute approximate surface area is 143 Å². The Morgan fingerprint density at radius 1 is 0.880 bits per heavy atom. The maximum absolute atomic E-state index is 13.6. The minimum absolute atomic E-state index is 0.0268. The molecule has 1 fully saturated rings. The lowest BCUT2D eigenvalue weighted by Gasteiger charge is -2.20. The Kier molecular flexibility index (Phi) is 4.14. The number of alkyl halides is 3. The topological polar surface area (TPSA) is 37.4 Å². The average molecular weight is 347 g/mol. The van der Waals surface area contributed by atoms with E-state index in [0.717, 1.165) is 22.1 Å². The van der Waals surface area contributed by atoms with Gasteiger partial charge in [-0.1, -0.05) is 29.8 Å². The number of hydrogen-bond donors (Lipinski definition) is 0. The molecule has 2 amide bonds. The van der Waals surface area contributed by atoms with E-state index in [1.54, 1.807) is 19.1 Å². The largest absolute Gasteiger partial charge is 0.417 e. The van der Waals surface area contributed by atoms with Crippen molar-refractivity contribution < 1.29 is 22.8 Å². The van der Waals surface area contributed by atoms with Crippen LogP contribution in [-0.2, 0) is 15.8 Å². The third-order valence-corrected chi connectivity index (χ3v) is 4.29. The van der Waals surface area contributed by atoms with Crippen LogP contribution in [0.15, 0.2) is 36.4 Å². The summed E-state index contributed by atoms with van der Waals surface area (Å²) in [5.74, 6) is -0.949. The van der Waals surface area contributed by atoms with Gasteiger partial charge in [-0.05, 0) is 42.7 Å². The predicted molar refractivity (Wildman–Crippen MR) is 88.1 cm³/mol. The van der Waals surface area contributed by atoms with Crippen molar-refractivity contribution in [1.82, 2.24) is 0 Å². The Hall–Kier alpha value is -2.63. The molecular formula is C19H16F3NO2. The monoisotopic (exact) mass is 347 g/mol. The summed E-state index contributed by atoms with van der Waals surface area (Å²) in [6.45, 7) is 3.62. The molecule has 0 aliphatic carbocycles. The highest BCUT2D eigenvalue weighted by Gasteiger charge is 2.37. The van der Waals surface area contributed by atoms with Crippen molar-refractivity contribution in [2.75, 3.05) is 4.90 Å². The van der Waals surface area contributed by atoms with Crippen LogP contribution in [0, 0.1) is 13.8 Å². The molecule has 2 aromatic carbocycles. The summed E-state index contributed by atoms with van der Waals surface area (Å²) >= 11 is 0. The van der Waals surface area contributed by atoms with Crippen molar-refractivity contribution >= 4 is 17.5 Å². The van der Waals surface area contributed by atoms with Gasteiger partial charge in [0.2, 0.25) is 11.8 Å². The highest BCUT2D eigenvalue weighted by atomic mass is 19.4. The smallest absolute Gasteiger partial charge is 0.274 e. The van der Waals surface area contributed by atoms with Crippen LogP contribution in [-0.4, -0.2) is 11.8 Å². The lowest BCUT2D eigenvalue weighted by atomic mass is 9.94. The van der Waals surface area contributed by atoms with Gasteiger partial charge >= 0.3 is 6.18 Å². The van der Waals surface area contributed by atoms with Crippen LogP contribution in [0.5, 0.6) is 0 Å². The molecule has 6 heteroatoms. The molecule has 1 saturated heterocycles.